The third-order valence-electron chi connectivity index (χ3n) is 5.36. The topological polar surface area (TPSA) is 92.2 Å². The van der Waals surface area contributed by atoms with E-state index in [4.69, 9.17) is 4.74 Å². The highest BCUT2D eigenvalue weighted by Gasteiger charge is 2.24. The van der Waals surface area contributed by atoms with Gasteiger partial charge in [-0.1, -0.05) is 0 Å². The molecule has 0 fully saturated rings. The number of carbonyl (C=O) groups excluding carboxylic acids is 1. The fourth-order valence-electron chi connectivity index (χ4n) is 3.72. The standard InChI is InChI=1S/C22H25N5O3/c1-13-7-14(2)25-22(29)18(13)11-23-21(28)17-8-15(16-10-24-27(4)12-16)9-19-20(17)30-6-5-26(19)3/h7-10,12H,5-6,11H2,1-4H3,(H,23,28)(H,25,29). The van der Waals surface area contributed by atoms with Crippen LogP contribution in [-0.4, -0.2) is 40.9 Å². The number of benzene rings is 1. The first kappa shape index (κ1) is 19.8. The average molecular weight is 407 g/mol. The first-order valence-electron chi connectivity index (χ1n) is 9.82. The number of aryl methyl sites for hydroxylation is 3. The lowest BCUT2D eigenvalue weighted by Crippen LogP contribution is -2.32. The quantitative estimate of drug-likeness (QED) is 0.691. The van der Waals surface area contributed by atoms with Crippen LogP contribution in [0.15, 0.2) is 35.4 Å². The van der Waals surface area contributed by atoms with E-state index in [0.717, 1.165) is 34.6 Å². The van der Waals surface area contributed by atoms with Crippen LogP contribution in [0.1, 0.15) is 27.2 Å². The summed E-state index contributed by atoms with van der Waals surface area (Å²) < 4.78 is 7.59. The molecule has 0 bridgehead atoms. The summed E-state index contributed by atoms with van der Waals surface area (Å²) in [5.74, 6) is 0.273. The van der Waals surface area contributed by atoms with E-state index in [1.807, 2.05) is 52.3 Å². The molecule has 156 valence electrons. The minimum Gasteiger partial charge on any atom is -0.489 e. The Morgan fingerprint density at radius 1 is 1.23 bits per heavy atom. The maximum atomic E-state index is 13.1. The Kier molecular flexibility index (Phi) is 5.07. The number of aromatic nitrogens is 3. The number of likely N-dealkylation sites (N-methyl/N-ethyl adjacent to an activating group) is 1. The van der Waals surface area contributed by atoms with Crippen molar-refractivity contribution in [1.82, 2.24) is 20.1 Å². The maximum Gasteiger partial charge on any atom is 0.255 e. The van der Waals surface area contributed by atoms with Gasteiger partial charge >= 0.3 is 0 Å². The Bertz CT molecular complexity index is 1180. The van der Waals surface area contributed by atoms with Crippen molar-refractivity contribution in [2.45, 2.75) is 20.4 Å². The molecule has 3 heterocycles. The first-order chi connectivity index (χ1) is 14.3. The summed E-state index contributed by atoms with van der Waals surface area (Å²) in [5, 5.41) is 7.12. The van der Waals surface area contributed by atoms with Crippen molar-refractivity contribution in [2.75, 3.05) is 25.1 Å². The molecule has 0 radical (unpaired) electrons. The van der Waals surface area contributed by atoms with E-state index in [1.165, 1.54) is 0 Å². The van der Waals surface area contributed by atoms with Crippen LogP contribution in [0.25, 0.3) is 11.1 Å². The van der Waals surface area contributed by atoms with E-state index in [9.17, 15) is 9.59 Å². The van der Waals surface area contributed by atoms with Crippen molar-refractivity contribution in [3.8, 4) is 16.9 Å². The second-order valence-electron chi connectivity index (χ2n) is 7.67. The van der Waals surface area contributed by atoms with Crippen LogP contribution in [0.5, 0.6) is 5.75 Å². The molecule has 0 spiro atoms. The molecule has 0 atom stereocenters. The Labute approximate surface area is 174 Å². The summed E-state index contributed by atoms with van der Waals surface area (Å²) in [6.07, 6.45) is 3.67. The van der Waals surface area contributed by atoms with Crippen molar-refractivity contribution in [3.63, 3.8) is 0 Å². The number of hydrogen-bond donors (Lipinski definition) is 2. The van der Waals surface area contributed by atoms with Crippen molar-refractivity contribution in [3.05, 3.63) is 63.3 Å². The molecular weight excluding hydrogens is 382 g/mol. The van der Waals surface area contributed by atoms with Crippen LogP contribution >= 0.6 is 0 Å². The van der Waals surface area contributed by atoms with Gasteiger partial charge in [0.15, 0.2) is 5.75 Å². The molecule has 1 aliphatic rings. The highest BCUT2D eigenvalue weighted by atomic mass is 16.5. The van der Waals surface area contributed by atoms with Gasteiger partial charge in [-0.2, -0.15) is 5.10 Å². The summed E-state index contributed by atoms with van der Waals surface area (Å²) >= 11 is 0. The molecule has 1 amide bonds. The monoisotopic (exact) mass is 407 g/mol. The van der Waals surface area contributed by atoms with Gasteiger partial charge in [0.2, 0.25) is 0 Å². The molecule has 4 rings (SSSR count). The molecule has 8 heteroatoms. The Morgan fingerprint density at radius 2 is 2.03 bits per heavy atom. The van der Waals surface area contributed by atoms with E-state index in [-0.39, 0.29) is 18.0 Å². The number of pyridine rings is 1. The van der Waals surface area contributed by atoms with Gasteiger partial charge in [0.05, 0.1) is 24.0 Å². The number of carbonyl (C=O) groups is 1. The number of H-pyrrole nitrogens is 1. The molecule has 8 nitrogen and oxygen atoms in total. The number of amides is 1. The van der Waals surface area contributed by atoms with Gasteiger partial charge in [-0.15, -0.1) is 0 Å². The van der Waals surface area contributed by atoms with Gasteiger partial charge in [-0.25, -0.2) is 0 Å². The number of aromatic amines is 1. The lowest BCUT2D eigenvalue weighted by molar-refractivity contribution is 0.0946. The third kappa shape index (κ3) is 3.68. The van der Waals surface area contributed by atoms with Crippen LogP contribution in [0.3, 0.4) is 0 Å². The normalized spacial score (nSPS) is 13.0. The Balaban J connectivity index is 1.69. The summed E-state index contributed by atoms with van der Waals surface area (Å²) in [7, 11) is 3.83. The fourth-order valence-corrected chi connectivity index (χ4v) is 3.72. The molecule has 0 saturated heterocycles. The van der Waals surface area contributed by atoms with E-state index in [1.54, 1.807) is 10.9 Å². The summed E-state index contributed by atoms with van der Waals surface area (Å²) in [6, 6.07) is 5.72. The van der Waals surface area contributed by atoms with Crippen molar-refractivity contribution in [2.24, 2.45) is 7.05 Å². The number of anilines is 1. The zero-order valence-electron chi connectivity index (χ0n) is 17.6. The van der Waals surface area contributed by atoms with Crippen LogP contribution < -0.4 is 20.5 Å². The molecule has 0 saturated carbocycles. The molecule has 1 aliphatic heterocycles. The fraction of sp³-hybridized carbons (Fsp3) is 0.318. The van der Waals surface area contributed by atoms with Crippen molar-refractivity contribution in [1.29, 1.82) is 0 Å². The predicted octanol–water partition coefficient (Wildman–Crippen LogP) is 2.15. The SMILES string of the molecule is Cc1cc(C)c(CNC(=O)c2cc(-c3cnn(C)c3)cc3c2OCCN3C)c(=O)[nH]1. The van der Waals surface area contributed by atoms with Gasteiger partial charge in [-0.05, 0) is 43.2 Å². The number of ether oxygens (including phenoxy) is 1. The molecular formula is C22H25N5O3. The van der Waals surface area contributed by atoms with E-state index in [0.29, 0.717) is 23.5 Å². The molecule has 2 N–H and O–H groups in total. The minimum atomic E-state index is -0.285. The number of nitrogens with one attached hydrogen (secondary N) is 2. The summed E-state index contributed by atoms with van der Waals surface area (Å²) in [5.41, 5.74) is 5.10. The van der Waals surface area contributed by atoms with Gasteiger partial charge in [-0.3, -0.25) is 14.3 Å². The smallest absolute Gasteiger partial charge is 0.255 e. The van der Waals surface area contributed by atoms with E-state index in [2.05, 4.69) is 20.3 Å². The van der Waals surface area contributed by atoms with Crippen LogP contribution in [0.4, 0.5) is 5.69 Å². The number of rotatable bonds is 4. The van der Waals surface area contributed by atoms with Crippen molar-refractivity contribution < 1.29 is 9.53 Å². The highest BCUT2D eigenvalue weighted by Crippen LogP contribution is 2.38. The van der Waals surface area contributed by atoms with Crippen molar-refractivity contribution >= 4 is 11.6 Å². The molecule has 0 unspecified atom stereocenters. The van der Waals surface area contributed by atoms with Gasteiger partial charge in [0.25, 0.3) is 11.5 Å². The second kappa shape index (κ2) is 7.70. The second-order valence-corrected chi connectivity index (χ2v) is 7.67. The number of hydrogen-bond acceptors (Lipinski definition) is 5. The molecule has 0 aliphatic carbocycles. The predicted molar refractivity (Wildman–Crippen MR) is 115 cm³/mol. The molecule has 1 aromatic carbocycles. The van der Waals surface area contributed by atoms with Gasteiger partial charge in [0, 0.05) is 43.7 Å². The molecule has 3 aromatic rings. The third-order valence-corrected chi connectivity index (χ3v) is 5.36. The largest absolute Gasteiger partial charge is 0.489 e. The number of nitrogens with zero attached hydrogens (tertiary/aromatic N) is 3. The summed E-state index contributed by atoms with van der Waals surface area (Å²) in [4.78, 5) is 30.3. The molecule has 30 heavy (non-hydrogen) atoms. The van der Waals surface area contributed by atoms with Crippen LogP contribution in [-0.2, 0) is 13.6 Å². The Morgan fingerprint density at radius 3 is 2.73 bits per heavy atom. The summed E-state index contributed by atoms with van der Waals surface area (Å²) in [6.45, 7) is 5.09. The maximum absolute atomic E-state index is 13.1. The minimum absolute atomic E-state index is 0.141. The van der Waals surface area contributed by atoms with E-state index < -0.39 is 0 Å². The highest BCUT2D eigenvalue weighted by molar-refractivity contribution is 6.00. The van der Waals surface area contributed by atoms with Gasteiger partial charge in [0.1, 0.15) is 6.61 Å². The first-order valence-corrected chi connectivity index (χ1v) is 9.82. The molecule has 2 aromatic heterocycles. The zero-order chi connectivity index (χ0) is 21.4. The van der Waals surface area contributed by atoms with Gasteiger partial charge < -0.3 is 19.9 Å². The van der Waals surface area contributed by atoms with Crippen LogP contribution in [0.2, 0.25) is 0 Å². The Hall–Kier alpha value is -3.55. The van der Waals surface area contributed by atoms with E-state index >= 15 is 0 Å². The lowest BCUT2D eigenvalue weighted by Gasteiger charge is -2.29. The number of fused-ring (bicyclic) bond motifs is 1. The van der Waals surface area contributed by atoms with Crippen LogP contribution in [0, 0.1) is 13.8 Å². The zero-order valence-corrected chi connectivity index (χ0v) is 17.6. The lowest BCUT2D eigenvalue weighted by atomic mass is 10.0. The average Bonchev–Trinajstić information content (AvgIpc) is 3.13.